The fourth-order valence-corrected chi connectivity index (χ4v) is 3.68. The van der Waals surface area contributed by atoms with Crippen molar-refractivity contribution in [3.63, 3.8) is 0 Å². The fraction of sp³-hybridized carbons (Fsp3) is 0.308. The predicted molar refractivity (Wildman–Crippen MR) is 69.0 cm³/mol. The van der Waals surface area contributed by atoms with Crippen LogP contribution in [0.25, 0.3) is 0 Å². The van der Waals surface area contributed by atoms with Gasteiger partial charge in [-0.3, -0.25) is 0 Å². The maximum absolute atomic E-state index is 10.7. The standard InChI is InChI=1S/C13H18O2Si/c1-11(9-13(14)15)16(2,3)10-12-7-5-4-6-8-12/h4-9H,10H2,1-3H3,(H,14,15)/b11-9+. The number of rotatable bonds is 4. The number of carboxylic acid groups (broad SMARTS) is 1. The molecule has 0 amide bonds. The van der Waals surface area contributed by atoms with Gasteiger partial charge in [-0.2, -0.15) is 0 Å². The van der Waals surface area contributed by atoms with Crippen LogP contribution in [0.1, 0.15) is 12.5 Å². The lowest BCUT2D eigenvalue weighted by molar-refractivity contribution is -0.131. The molecule has 3 heteroatoms. The van der Waals surface area contributed by atoms with Gasteiger partial charge >= 0.3 is 5.97 Å². The highest BCUT2D eigenvalue weighted by Crippen LogP contribution is 2.19. The smallest absolute Gasteiger partial charge is 0.327 e. The molecule has 0 saturated heterocycles. The number of carbonyl (C=O) groups is 1. The lowest BCUT2D eigenvalue weighted by Gasteiger charge is -2.23. The number of carboxylic acids is 1. The zero-order valence-corrected chi connectivity index (χ0v) is 11.0. The minimum atomic E-state index is -1.63. The predicted octanol–water partition coefficient (Wildman–Crippen LogP) is 3.05. The summed E-state index contributed by atoms with van der Waals surface area (Å²) >= 11 is 0. The van der Waals surface area contributed by atoms with Gasteiger partial charge in [0.1, 0.15) is 0 Å². The molecule has 0 fully saturated rings. The Bertz CT molecular complexity index is 394. The third-order valence-electron chi connectivity index (χ3n) is 2.90. The molecule has 0 aliphatic heterocycles. The fourth-order valence-electron chi connectivity index (χ4n) is 1.63. The highest BCUT2D eigenvalue weighted by atomic mass is 28.3. The van der Waals surface area contributed by atoms with Gasteiger partial charge in [-0.15, -0.1) is 0 Å². The maximum atomic E-state index is 10.7. The summed E-state index contributed by atoms with van der Waals surface area (Å²) in [6.45, 7) is 6.34. The second kappa shape index (κ2) is 5.12. The van der Waals surface area contributed by atoms with E-state index in [1.165, 1.54) is 11.6 Å². The van der Waals surface area contributed by atoms with Crippen LogP contribution in [-0.4, -0.2) is 19.1 Å². The first-order valence-corrected chi connectivity index (χ1v) is 8.58. The van der Waals surface area contributed by atoms with Crippen molar-refractivity contribution in [2.45, 2.75) is 26.1 Å². The summed E-state index contributed by atoms with van der Waals surface area (Å²) in [6.07, 6.45) is 1.36. The first-order valence-electron chi connectivity index (χ1n) is 5.37. The van der Waals surface area contributed by atoms with Crippen LogP contribution in [0.4, 0.5) is 0 Å². The number of hydrogen-bond donors (Lipinski definition) is 1. The van der Waals surface area contributed by atoms with E-state index in [0.29, 0.717) is 0 Å². The molecule has 2 nitrogen and oxygen atoms in total. The Labute approximate surface area is 97.6 Å². The minimum Gasteiger partial charge on any atom is -0.478 e. The lowest BCUT2D eigenvalue weighted by atomic mass is 10.2. The van der Waals surface area contributed by atoms with E-state index >= 15 is 0 Å². The first-order chi connectivity index (χ1) is 7.42. The van der Waals surface area contributed by atoms with E-state index in [4.69, 9.17) is 5.11 Å². The molecule has 0 heterocycles. The Morgan fingerprint density at radius 2 is 1.88 bits per heavy atom. The molecule has 0 atom stereocenters. The largest absolute Gasteiger partial charge is 0.478 e. The van der Waals surface area contributed by atoms with Crippen molar-refractivity contribution in [3.05, 3.63) is 47.2 Å². The van der Waals surface area contributed by atoms with Crippen LogP contribution in [-0.2, 0) is 10.8 Å². The molecule has 16 heavy (non-hydrogen) atoms. The number of allylic oxidation sites excluding steroid dienone is 1. The van der Waals surface area contributed by atoms with Gasteiger partial charge in [0, 0.05) is 6.08 Å². The van der Waals surface area contributed by atoms with Crippen LogP contribution >= 0.6 is 0 Å². The second-order valence-electron chi connectivity index (χ2n) is 4.71. The van der Waals surface area contributed by atoms with Crippen LogP contribution in [0.3, 0.4) is 0 Å². The molecule has 0 unspecified atom stereocenters. The van der Waals surface area contributed by atoms with Gasteiger partial charge in [-0.05, 0) is 13.0 Å². The Morgan fingerprint density at radius 3 is 2.38 bits per heavy atom. The third kappa shape index (κ3) is 3.66. The summed E-state index contributed by atoms with van der Waals surface area (Å²) in [4.78, 5) is 10.7. The molecule has 1 aromatic carbocycles. The van der Waals surface area contributed by atoms with Crippen molar-refractivity contribution in [2.75, 3.05) is 0 Å². The number of aliphatic carboxylic acids is 1. The molecule has 1 aromatic rings. The van der Waals surface area contributed by atoms with Gasteiger partial charge < -0.3 is 5.11 Å². The number of hydrogen-bond acceptors (Lipinski definition) is 1. The highest BCUT2D eigenvalue weighted by molar-refractivity contribution is 6.83. The zero-order valence-electron chi connectivity index (χ0n) is 10.0. The van der Waals surface area contributed by atoms with E-state index in [0.717, 1.165) is 11.2 Å². The van der Waals surface area contributed by atoms with Crippen LogP contribution in [0.2, 0.25) is 13.1 Å². The molecule has 0 spiro atoms. The summed E-state index contributed by atoms with van der Waals surface area (Å²) in [5.74, 6) is -0.842. The van der Waals surface area contributed by atoms with Gasteiger partial charge in [-0.1, -0.05) is 54.2 Å². The van der Waals surface area contributed by atoms with Crippen molar-refractivity contribution in [1.29, 1.82) is 0 Å². The quantitative estimate of drug-likeness (QED) is 0.642. The topological polar surface area (TPSA) is 37.3 Å². The molecule has 0 aromatic heterocycles. The van der Waals surface area contributed by atoms with Gasteiger partial charge in [0.15, 0.2) is 0 Å². The van der Waals surface area contributed by atoms with Crippen LogP contribution in [0.5, 0.6) is 0 Å². The van der Waals surface area contributed by atoms with Gasteiger partial charge in [0.2, 0.25) is 0 Å². The van der Waals surface area contributed by atoms with E-state index in [2.05, 4.69) is 25.2 Å². The van der Waals surface area contributed by atoms with Crippen molar-refractivity contribution < 1.29 is 9.90 Å². The summed E-state index contributed by atoms with van der Waals surface area (Å²) in [5.41, 5.74) is 1.29. The van der Waals surface area contributed by atoms with Crippen molar-refractivity contribution >= 4 is 14.0 Å². The van der Waals surface area contributed by atoms with E-state index in [-0.39, 0.29) is 0 Å². The Hall–Kier alpha value is -1.35. The van der Waals surface area contributed by atoms with Gasteiger partial charge in [0.25, 0.3) is 0 Å². The van der Waals surface area contributed by atoms with Crippen molar-refractivity contribution in [3.8, 4) is 0 Å². The molecule has 0 radical (unpaired) electrons. The van der Waals surface area contributed by atoms with Crippen LogP contribution in [0.15, 0.2) is 41.6 Å². The molecule has 0 saturated carbocycles. The first kappa shape index (κ1) is 12.7. The summed E-state index contributed by atoms with van der Waals surface area (Å²) in [6, 6.07) is 11.2. The van der Waals surface area contributed by atoms with Crippen molar-refractivity contribution in [1.82, 2.24) is 0 Å². The summed E-state index contributed by atoms with van der Waals surface area (Å²) in [5, 5.41) is 9.79. The zero-order chi connectivity index (χ0) is 12.2. The lowest BCUT2D eigenvalue weighted by Crippen LogP contribution is -2.32. The second-order valence-corrected chi connectivity index (χ2v) is 9.62. The maximum Gasteiger partial charge on any atom is 0.327 e. The average molecular weight is 234 g/mol. The summed E-state index contributed by atoms with van der Waals surface area (Å²) < 4.78 is 0. The minimum absolute atomic E-state index is 0.842. The van der Waals surface area contributed by atoms with E-state index in [1.807, 2.05) is 25.1 Å². The number of benzene rings is 1. The normalized spacial score (nSPS) is 12.6. The molecule has 0 aliphatic carbocycles. The molecule has 86 valence electrons. The van der Waals surface area contributed by atoms with E-state index in [9.17, 15) is 4.79 Å². The third-order valence-corrected chi connectivity index (χ3v) is 6.47. The average Bonchev–Trinajstić information content (AvgIpc) is 2.17. The molecular weight excluding hydrogens is 216 g/mol. The SMILES string of the molecule is C/C(=C\C(=O)O)[Si](C)(C)Cc1ccccc1. The molecule has 1 N–H and O–H groups in total. The Kier molecular flexibility index (Phi) is 4.07. The van der Waals surface area contributed by atoms with Gasteiger partial charge in [0.05, 0.1) is 8.07 Å². The van der Waals surface area contributed by atoms with Crippen molar-refractivity contribution in [2.24, 2.45) is 0 Å². The Balaban J connectivity index is 2.83. The molecular formula is C13H18O2Si. The van der Waals surface area contributed by atoms with Crippen LogP contribution in [0, 0.1) is 0 Å². The van der Waals surface area contributed by atoms with E-state index < -0.39 is 14.0 Å². The monoisotopic (exact) mass is 234 g/mol. The van der Waals surface area contributed by atoms with Crippen LogP contribution < -0.4 is 0 Å². The molecule has 0 aliphatic rings. The highest BCUT2D eigenvalue weighted by Gasteiger charge is 2.23. The molecule has 1 rings (SSSR count). The van der Waals surface area contributed by atoms with Gasteiger partial charge in [-0.25, -0.2) is 4.79 Å². The Morgan fingerprint density at radius 1 is 1.31 bits per heavy atom. The van der Waals surface area contributed by atoms with E-state index in [1.54, 1.807) is 0 Å². The summed E-state index contributed by atoms with van der Waals surface area (Å²) in [7, 11) is -1.63. The molecule has 0 bridgehead atoms.